The van der Waals surface area contributed by atoms with Gasteiger partial charge in [-0.25, -0.2) is 4.79 Å². The smallest absolute Gasteiger partial charge is 0.335 e. The first-order valence-corrected chi connectivity index (χ1v) is 8.35. The van der Waals surface area contributed by atoms with E-state index >= 15 is 0 Å². The SMILES string of the molecule is Cc1ccc(-c2ccccc2CC#CNc2ccc(C(=O)O)cc2)cc1. The van der Waals surface area contributed by atoms with Gasteiger partial charge in [0.05, 0.1) is 5.56 Å². The average molecular weight is 341 g/mol. The van der Waals surface area contributed by atoms with Crippen LogP contribution in [-0.4, -0.2) is 11.1 Å². The Morgan fingerprint density at radius 3 is 2.35 bits per heavy atom. The summed E-state index contributed by atoms with van der Waals surface area (Å²) in [5.74, 6) is 2.20. The van der Waals surface area contributed by atoms with Crippen molar-refractivity contribution in [2.75, 3.05) is 5.32 Å². The highest BCUT2D eigenvalue weighted by Gasteiger charge is 2.03. The van der Waals surface area contributed by atoms with Gasteiger partial charge in [-0.05, 0) is 47.9 Å². The van der Waals surface area contributed by atoms with Crippen LogP contribution in [0.25, 0.3) is 11.1 Å². The van der Waals surface area contributed by atoms with Crippen molar-refractivity contribution in [1.29, 1.82) is 0 Å². The van der Waals surface area contributed by atoms with E-state index in [0.29, 0.717) is 6.42 Å². The third-order valence-corrected chi connectivity index (χ3v) is 4.09. The number of hydrogen-bond donors (Lipinski definition) is 2. The maximum atomic E-state index is 10.8. The molecule has 0 spiro atoms. The Kier molecular flexibility index (Phi) is 5.36. The molecule has 3 nitrogen and oxygen atoms in total. The van der Waals surface area contributed by atoms with Gasteiger partial charge in [-0.2, -0.15) is 0 Å². The lowest BCUT2D eigenvalue weighted by Crippen LogP contribution is -1.96. The molecule has 3 aromatic rings. The van der Waals surface area contributed by atoms with Gasteiger partial charge in [0, 0.05) is 18.2 Å². The summed E-state index contributed by atoms with van der Waals surface area (Å²) in [5, 5.41) is 11.9. The monoisotopic (exact) mass is 341 g/mol. The van der Waals surface area contributed by atoms with Gasteiger partial charge in [-0.1, -0.05) is 60.0 Å². The van der Waals surface area contributed by atoms with E-state index in [0.717, 1.165) is 5.69 Å². The van der Waals surface area contributed by atoms with E-state index in [-0.39, 0.29) is 5.56 Å². The van der Waals surface area contributed by atoms with Gasteiger partial charge in [-0.3, -0.25) is 0 Å². The molecule has 0 saturated heterocycles. The molecule has 0 saturated carbocycles. The van der Waals surface area contributed by atoms with Crippen molar-refractivity contribution in [3.8, 4) is 23.1 Å². The van der Waals surface area contributed by atoms with E-state index in [9.17, 15) is 4.79 Å². The zero-order chi connectivity index (χ0) is 18.4. The number of benzene rings is 3. The fourth-order valence-electron chi connectivity index (χ4n) is 2.64. The quantitative estimate of drug-likeness (QED) is 0.520. The van der Waals surface area contributed by atoms with E-state index in [2.05, 4.69) is 60.6 Å². The Morgan fingerprint density at radius 1 is 0.962 bits per heavy atom. The number of nitrogens with one attached hydrogen (secondary N) is 1. The molecule has 3 rings (SSSR count). The van der Waals surface area contributed by atoms with Crippen LogP contribution in [0.5, 0.6) is 0 Å². The summed E-state index contributed by atoms with van der Waals surface area (Å²) in [5.41, 5.74) is 5.82. The van der Waals surface area contributed by atoms with Crippen molar-refractivity contribution in [2.24, 2.45) is 0 Å². The van der Waals surface area contributed by atoms with Crippen LogP contribution in [0.1, 0.15) is 21.5 Å². The first kappa shape index (κ1) is 17.3. The normalized spacial score (nSPS) is 9.88. The number of rotatable bonds is 4. The fourth-order valence-corrected chi connectivity index (χ4v) is 2.64. The Balaban J connectivity index is 1.70. The van der Waals surface area contributed by atoms with Crippen LogP contribution in [0, 0.1) is 18.9 Å². The molecular formula is C23H19NO2. The lowest BCUT2D eigenvalue weighted by Gasteiger charge is -2.07. The number of carboxylic acids is 1. The first-order valence-electron chi connectivity index (χ1n) is 8.35. The number of hydrogen-bond acceptors (Lipinski definition) is 2. The lowest BCUT2D eigenvalue weighted by atomic mass is 9.97. The second kappa shape index (κ2) is 8.04. The molecule has 0 amide bonds. The molecule has 0 fully saturated rings. The molecule has 3 heteroatoms. The van der Waals surface area contributed by atoms with E-state index in [1.54, 1.807) is 24.3 Å². The van der Waals surface area contributed by atoms with Gasteiger partial charge in [0.15, 0.2) is 0 Å². The Morgan fingerprint density at radius 2 is 1.65 bits per heavy atom. The van der Waals surface area contributed by atoms with Crippen LogP contribution in [0.15, 0.2) is 72.8 Å². The van der Waals surface area contributed by atoms with E-state index in [1.165, 1.54) is 22.3 Å². The van der Waals surface area contributed by atoms with Crippen molar-refractivity contribution in [3.05, 3.63) is 89.5 Å². The maximum Gasteiger partial charge on any atom is 0.335 e. The van der Waals surface area contributed by atoms with Crippen molar-refractivity contribution in [3.63, 3.8) is 0 Å². The molecule has 0 heterocycles. The largest absolute Gasteiger partial charge is 0.478 e. The van der Waals surface area contributed by atoms with Gasteiger partial charge in [0.2, 0.25) is 0 Å². The van der Waals surface area contributed by atoms with E-state index in [4.69, 9.17) is 5.11 Å². The molecule has 2 N–H and O–H groups in total. The zero-order valence-electron chi connectivity index (χ0n) is 14.5. The highest BCUT2D eigenvalue weighted by molar-refractivity contribution is 5.88. The predicted octanol–water partition coefficient (Wildman–Crippen LogP) is 4.98. The number of aromatic carboxylic acids is 1. The summed E-state index contributed by atoms with van der Waals surface area (Å²) < 4.78 is 0. The summed E-state index contributed by atoms with van der Waals surface area (Å²) in [6.45, 7) is 2.08. The molecule has 0 bridgehead atoms. The summed E-state index contributed by atoms with van der Waals surface area (Å²) >= 11 is 0. The van der Waals surface area contributed by atoms with Crippen molar-refractivity contribution >= 4 is 11.7 Å². The summed E-state index contributed by atoms with van der Waals surface area (Å²) in [7, 11) is 0. The standard InChI is InChI=1S/C23H19NO2/c1-17-8-10-19(11-9-17)22-7-3-2-5-18(22)6-4-16-24-21-14-12-20(13-15-21)23(25)26/h2-3,5,7-15,24H,6H2,1H3,(H,25,26). The number of anilines is 1. The number of aryl methyl sites for hydroxylation is 1. The Labute approximate surface area is 153 Å². The van der Waals surface area contributed by atoms with Crippen LogP contribution in [0.2, 0.25) is 0 Å². The van der Waals surface area contributed by atoms with Crippen molar-refractivity contribution in [2.45, 2.75) is 13.3 Å². The molecule has 0 unspecified atom stereocenters. The Hall–Kier alpha value is -3.51. The molecule has 0 atom stereocenters. The van der Waals surface area contributed by atoms with Crippen LogP contribution in [0.3, 0.4) is 0 Å². The molecule has 0 aliphatic heterocycles. The maximum absolute atomic E-state index is 10.8. The third kappa shape index (κ3) is 4.31. The molecular weight excluding hydrogens is 322 g/mol. The van der Waals surface area contributed by atoms with Gasteiger partial charge >= 0.3 is 5.97 Å². The molecule has 128 valence electrons. The average Bonchev–Trinajstić information content (AvgIpc) is 2.67. The highest BCUT2D eigenvalue weighted by atomic mass is 16.4. The van der Waals surface area contributed by atoms with Gasteiger partial charge < -0.3 is 10.4 Å². The number of carbonyl (C=O) groups is 1. The molecule has 0 aromatic heterocycles. The van der Waals surface area contributed by atoms with Crippen LogP contribution in [0.4, 0.5) is 5.69 Å². The van der Waals surface area contributed by atoms with Crippen LogP contribution in [-0.2, 0) is 6.42 Å². The minimum atomic E-state index is -0.935. The second-order valence-corrected chi connectivity index (χ2v) is 6.01. The molecule has 0 aliphatic rings. The molecule has 3 aromatic carbocycles. The summed E-state index contributed by atoms with van der Waals surface area (Å²) in [4.78, 5) is 10.8. The van der Waals surface area contributed by atoms with E-state index < -0.39 is 5.97 Å². The van der Waals surface area contributed by atoms with Gasteiger partial charge in [0.25, 0.3) is 0 Å². The van der Waals surface area contributed by atoms with Gasteiger partial charge in [0.1, 0.15) is 0 Å². The van der Waals surface area contributed by atoms with E-state index in [1.807, 2.05) is 12.1 Å². The third-order valence-electron chi connectivity index (χ3n) is 4.09. The lowest BCUT2D eigenvalue weighted by molar-refractivity contribution is 0.0697. The van der Waals surface area contributed by atoms with Crippen LogP contribution >= 0.6 is 0 Å². The molecule has 0 aliphatic carbocycles. The highest BCUT2D eigenvalue weighted by Crippen LogP contribution is 2.24. The molecule has 0 radical (unpaired) electrons. The first-order chi connectivity index (χ1) is 12.6. The summed E-state index contributed by atoms with van der Waals surface area (Å²) in [6.07, 6.45) is 0.629. The minimum absolute atomic E-state index is 0.260. The Bertz CT molecular complexity index is 962. The number of carboxylic acid groups (broad SMARTS) is 1. The predicted molar refractivity (Wildman–Crippen MR) is 105 cm³/mol. The summed E-state index contributed by atoms with van der Waals surface area (Å²) in [6, 6.07) is 26.2. The van der Waals surface area contributed by atoms with Crippen molar-refractivity contribution < 1.29 is 9.90 Å². The van der Waals surface area contributed by atoms with Crippen LogP contribution < -0.4 is 5.32 Å². The van der Waals surface area contributed by atoms with Gasteiger partial charge in [-0.15, -0.1) is 0 Å². The second-order valence-electron chi connectivity index (χ2n) is 6.01. The zero-order valence-corrected chi connectivity index (χ0v) is 14.5. The fraction of sp³-hybridized carbons (Fsp3) is 0.0870. The molecule has 26 heavy (non-hydrogen) atoms. The minimum Gasteiger partial charge on any atom is -0.478 e. The van der Waals surface area contributed by atoms with Crippen molar-refractivity contribution in [1.82, 2.24) is 0 Å². The topological polar surface area (TPSA) is 49.3 Å².